The normalized spacial score (nSPS) is 17.6. The summed E-state index contributed by atoms with van der Waals surface area (Å²) in [5, 5.41) is 3.91. The molecule has 0 radical (unpaired) electrons. The van der Waals surface area contributed by atoms with Crippen LogP contribution in [0.25, 0.3) is 5.69 Å². The minimum atomic E-state index is -5.43. The van der Waals surface area contributed by atoms with Gasteiger partial charge in [-0.25, -0.2) is 9.36 Å². The maximum Gasteiger partial charge on any atom is 0.425 e. The maximum absolute atomic E-state index is 14.4. The lowest BCUT2D eigenvalue weighted by Crippen LogP contribution is -2.62. The summed E-state index contributed by atoms with van der Waals surface area (Å²) in [6.45, 7) is 0. The van der Waals surface area contributed by atoms with Gasteiger partial charge in [-0.05, 0) is 36.4 Å². The van der Waals surface area contributed by atoms with E-state index in [0.717, 1.165) is 0 Å². The summed E-state index contributed by atoms with van der Waals surface area (Å²) < 4.78 is 43.8. The molecule has 12 heteroatoms. The van der Waals surface area contributed by atoms with E-state index in [-0.39, 0.29) is 16.3 Å². The molecule has 164 valence electrons. The van der Waals surface area contributed by atoms with Gasteiger partial charge in [0.2, 0.25) is 0 Å². The molecule has 0 spiro atoms. The third kappa shape index (κ3) is 3.17. The molecule has 32 heavy (non-hydrogen) atoms. The highest BCUT2D eigenvalue weighted by atomic mass is 35.5. The number of nitrogens with one attached hydrogen (secondary N) is 3. The molecule has 2 amide bonds. The number of hydrogen-bond donors (Lipinski definition) is 3. The summed E-state index contributed by atoms with van der Waals surface area (Å²) in [5.41, 5.74) is -7.60. The zero-order valence-corrected chi connectivity index (χ0v) is 16.5. The number of aromatic nitrogens is 2. The van der Waals surface area contributed by atoms with Gasteiger partial charge in [0, 0.05) is 10.6 Å². The molecule has 1 aromatic heterocycles. The van der Waals surface area contributed by atoms with E-state index >= 15 is 0 Å². The molecular weight excluding hydrogens is 453 g/mol. The second-order valence-corrected chi connectivity index (χ2v) is 7.25. The van der Waals surface area contributed by atoms with Crippen molar-refractivity contribution < 1.29 is 22.8 Å². The van der Waals surface area contributed by atoms with E-state index in [4.69, 9.17) is 11.6 Å². The lowest BCUT2D eigenvalue weighted by atomic mass is 9.91. The second-order valence-electron chi connectivity index (χ2n) is 6.82. The van der Waals surface area contributed by atoms with E-state index in [2.05, 4.69) is 0 Å². The molecule has 3 aromatic rings. The van der Waals surface area contributed by atoms with Crippen LogP contribution in [0.15, 0.2) is 64.2 Å². The van der Waals surface area contributed by atoms with Crippen molar-refractivity contribution in [1.82, 2.24) is 14.9 Å². The van der Waals surface area contributed by atoms with Crippen LogP contribution in [-0.2, 0) is 10.3 Å². The average molecular weight is 465 g/mol. The number of fused-ring (bicyclic) bond motifs is 1. The molecule has 0 bridgehead atoms. The Bertz CT molecular complexity index is 1350. The van der Waals surface area contributed by atoms with E-state index in [1.807, 2.05) is 5.32 Å². The number of H-pyrrole nitrogens is 1. The van der Waals surface area contributed by atoms with Crippen LogP contribution in [0.1, 0.15) is 15.9 Å². The van der Waals surface area contributed by atoms with Crippen molar-refractivity contribution in [3.63, 3.8) is 0 Å². The first-order chi connectivity index (χ1) is 15.1. The second kappa shape index (κ2) is 7.38. The summed E-state index contributed by atoms with van der Waals surface area (Å²) in [6.07, 6.45) is -5.43. The standard InChI is InChI=1S/C20H12ClF3N4O4/c21-11-6-8-12(9-7-11)28-14-13(16(30)26-18(28)32)19(17(31)25-14,20(22,23)24)27-15(29)10-4-2-1-3-5-10/h1-9H,(H,25,31)(H,27,29)(H,26,30,32)/t19-/m0/s1. The number of aromatic amines is 1. The van der Waals surface area contributed by atoms with E-state index in [1.165, 1.54) is 48.5 Å². The Labute approximate surface area is 181 Å². The lowest BCUT2D eigenvalue weighted by Gasteiger charge is -2.30. The maximum atomic E-state index is 14.4. The summed E-state index contributed by atoms with van der Waals surface area (Å²) in [4.78, 5) is 52.1. The first kappa shape index (κ1) is 21.4. The lowest BCUT2D eigenvalue weighted by molar-refractivity contribution is -0.196. The topological polar surface area (TPSA) is 113 Å². The van der Waals surface area contributed by atoms with Crippen molar-refractivity contribution in [2.45, 2.75) is 11.7 Å². The van der Waals surface area contributed by atoms with Gasteiger partial charge in [-0.1, -0.05) is 29.8 Å². The fourth-order valence-electron chi connectivity index (χ4n) is 3.45. The van der Waals surface area contributed by atoms with Crippen LogP contribution in [0.3, 0.4) is 0 Å². The summed E-state index contributed by atoms with van der Waals surface area (Å²) >= 11 is 5.81. The number of hydrogen-bond acceptors (Lipinski definition) is 4. The highest BCUT2D eigenvalue weighted by Gasteiger charge is 2.68. The number of anilines is 1. The van der Waals surface area contributed by atoms with Gasteiger partial charge < -0.3 is 10.6 Å². The van der Waals surface area contributed by atoms with Gasteiger partial charge in [-0.2, -0.15) is 13.2 Å². The number of benzene rings is 2. The van der Waals surface area contributed by atoms with Gasteiger partial charge >= 0.3 is 11.9 Å². The highest BCUT2D eigenvalue weighted by Crippen LogP contribution is 2.45. The SMILES string of the molecule is O=C(N[C@]1(C(F)(F)F)C(=O)Nc2c1c(=O)[nH]c(=O)n2-c1ccc(Cl)cc1)c1ccccc1. The molecule has 0 aliphatic carbocycles. The number of amides is 2. The van der Waals surface area contributed by atoms with E-state index < -0.39 is 46.2 Å². The zero-order chi connectivity index (χ0) is 23.3. The van der Waals surface area contributed by atoms with Gasteiger partial charge in [-0.3, -0.25) is 19.4 Å². The molecule has 8 nitrogen and oxygen atoms in total. The Hall–Kier alpha value is -3.86. The Morgan fingerprint density at radius 3 is 2.22 bits per heavy atom. The molecule has 2 aromatic carbocycles. The first-order valence-corrected chi connectivity index (χ1v) is 9.35. The Morgan fingerprint density at radius 2 is 1.62 bits per heavy atom. The van der Waals surface area contributed by atoms with Crippen LogP contribution < -0.4 is 21.9 Å². The van der Waals surface area contributed by atoms with Crippen LogP contribution >= 0.6 is 11.6 Å². The molecule has 0 saturated heterocycles. The van der Waals surface area contributed by atoms with E-state index in [1.54, 1.807) is 16.4 Å². The summed E-state index contributed by atoms with van der Waals surface area (Å²) in [7, 11) is 0. The Morgan fingerprint density at radius 1 is 1.00 bits per heavy atom. The van der Waals surface area contributed by atoms with Gasteiger partial charge in [-0.15, -0.1) is 0 Å². The van der Waals surface area contributed by atoms with Gasteiger partial charge in [0.1, 0.15) is 11.4 Å². The third-order valence-electron chi connectivity index (χ3n) is 4.91. The zero-order valence-electron chi connectivity index (χ0n) is 15.8. The first-order valence-electron chi connectivity index (χ1n) is 8.98. The molecule has 1 aliphatic rings. The molecular formula is C20H12ClF3N4O4. The quantitative estimate of drug-likeness (QED) is 0.552. The van der Waals surface area contributed by atoms with Crippen LogP contribution in [0, 0.1) is 0 Å². The minimum Gasteiger partial charge on any atom is -0.326 e. The number of halogens is 4. The monoisotopic (exact) mass is 464 g/mol. The van der Waals surface area contributed by atoms with Crippen molar-refractivity contribution >= 4 is 29.2 Å². The predicted molar refractivity (Wildman–Crippen MR) is 108 cm³/mol. The molecule has 3 N–H and O–H groups in total. The van der Waals surface area contributed by atoms with E-state index in [9.17, 15) is 32.3 Å². The van der Waals surface area contributed by atoms with Crippen LogP contribution in [-0.4, -0.2) is 27.5 Å². The van der Waals surface area contributed by atoms with Gasteiger partial charge in [0.25, 0.3) is 22.9 Å². The largest absolute Gasteiger partial charge is 0.425 e. The number of nitrogens with zero attached hydrogens (tertiary/aromatic N) is 1. The fraction of sp³-hybridized carbons (Fsp3) is 0.100. The third-order valence-corrected chi connectivity index (χ3v) is 5.16. The Kier molecular flexibility index (Phi) is 4.93. The molecule has 0 unspecified atom stereocenters. The van der Waals surface area contributed by atoms with Crippen LogP contribution in [0.2, 0.25) is 5.02 Å². The fourth-order valence-corrected chi connectivity index (χ4v) is 3.57. The van der Waals surface area contributed by atoms with Crippen molar-refractivity contribution in [3.8, 4) is 5.69 Å². The highest BCUT2D eigenvalue weighted by molar-refractivity contribution is 6.30. The van der Waals surface area contributed by atoms with Crippen molar-refractivity contribution in [2.75, 3.05) is 5.32 Å². The smallest absolute Gasteiger partial charge is 0.326 e. The molecule has 4 rings (SSSR count). The molecule has 1 aliphatic heterocycles. The number of carbonyl (C=O) groups excluding carboxylic acids is 2. The van der Waals surface area contributed by atoms with Gasteiger partial charge in [0.15, 0.2) is 0 Å². The molecule has 1 atom stereocenters. The molecule has 0 saturated carbocycles. The summed E-state index contributed by atoms with van der Waals surface area (Å²) in [5.74, 6) is -3.69. The minimum absolute atomic E-state index is 0.0274. The van der Waals surface area contributed by atoms with Crippen LogP contribution in [0.5, 0.6) is 0 Å². The Balaban J connectivity index is 1.98. The number of alkyl halides is 3. The van der Waals surface area contributed by atoms with E-state index in [0.29, 0.717) is 4.57 Å². The molecule has 2 heterocycles. The van der Waals surface area contributed by atoms with Crippen molar-refractivity contribution in [3.05, 3.63) is 91.6 Å². The summed E-state index contributed by atoms with van der Waals surface area (Å²) in [6, 6.07) is 12.2. The average Bonchev–Trinajstić information content (AvgIpc) is 3.03. The predicted octanol–water partition coefficient (Wildman–Crippen LogP) is 2.32. The van der Waals surface area contributed by atoms with Gasteiger partial charge in [0.05, 0.1) is 5.69 Å². The number of carbonyl (C=O) groups is 2. The number of rotatable bonds is 3. The van der Waals surface area contributed by atoms with Crippen molar-refractivity contribution in [1.29, 1.82) is 0 Å². The van der Waals surface area contributed by atoms with Crippen molar-refractivity contribution in [2.24, 2.45) is 0 Å². The molecule has 0 fully saturated rings. The van der Waals surface area contributed by atoms with Crippen LogP contribution in [0.4, 0.5) is 19.0 Å².